The highest BCUT2D eigenvalue weighted by Crippen LogP contribution is 2.39. The first-order valence-electron chi connectivity index (χ1n) is 19.5. The number of halogens is 3. The van der Waals surface area contributed by atoms with Crippen LogP contribution in [0.4, 0.5) is 0 Å². The number of benzene rings is 2. The van der Waals surface area contributed by atoms with Crippen molar-refractivity contribution in [3.63, 3.8) is 0 Å². The summed E-state index contributed by atoms with van der Waals surface area (Å²) in [6.45, 7) is 30.6. The summed E-state index contributed by atoms with van der Waals surface area (Å²) >= 11 is 17.6. The lowest BCUT2D eigenvalue weighted by atomic mass is 10.0. The zero-order chi connectivity index (χ0) is 41.7. The van der Waals surface area contributed by atoms with Gasteiger partial charge in [-0.2, -0.15) is 0 Å². The van der Waals surface area contributed by atoms with Crippen LogP contribution in [0.5, 0.6) is 11.5 Å². The number of carbonyl (C=O) groups excluding carboxylic acids is 1. The van der Waals surface area contributed by atoms with Crippen molar-refractivity contribution in [1.29, 1.82) is 0 Å². The number of ether oxygens (including phenoxy) is 2. The van der Waals surface area contributed by atoms with Crippen LogP contribution in [0.1, 0.15) is 84.7 Å². The molecule has 3 N–H and O–H groups in total. The molecule has 16 heteroatoms. The van der Waals surface area contributed by atoms with Gasteiger partial charge in [0, 0.05) is 25.2 Å². The number of aromatic nitrogens is 4. The molecule has 2 aromatic heterocycles. The molecule has 0 unspecified atom stereocenters. The van der Waals surface area contributed by atoms with E-state index in [0.29, 0.717) is 60.8 Å². The van der Waals surface area contributed by atoms with Crippen molar-refractivity contribution in [2.45, 2.75) is 120 Å². The molecule has 3 heterocycles. The minimum Gasteiger partial charge on any atom is -0.489 e. The summed E-state index contributed by atoms with van der Waals surface area (Å²) in [6, 6.07) is 12.0. The number of carbonyl (C=O) groups is 1. The van der Waals surface area contributed by atoms with Crippen LogP contribution in [0, 0.1) is 0 Å². The topological polar surface area (TPSA) is 127 Å². The molecule has 1 fully saturated rings. The first-order valence-corrected chi connectivity index (χ1v) is 26.5. The highest BCUT2D eigenvalue weighted by molar-refractivity contribution is 6.74. The fourth-order valence-corrected chi connectivity index (χ4v) is 7.95. The lowest BCUT2D eigenvalue weighted by molar-refractivity contribution is 0.0891. The van der Waals surface area contributed by atoms with E-state index in [4.69, 9.17) is 53.1 Å². The normalized spacial score (nSPS) is 15.3. The van der Waals surface area contributed by atoms with Crippen molar-refractivity contribution in [2.24, 2.45) is 0 Å². The molecule has 0 bridgehead atoms. The third-order valence-corrected chi connectivity index (χ3v) is 20.9. The molecule has 2 aromatic carbocycles. The number of hydrogen-bond acceptors (Lipinski definition) is 8. The number of nitrogens with one attached hydrogen (secondary N) is 3. The van der Waals surface area contributed by atoms with E-state index >= 15 is 0 Å². The Morgan fingerprint density at radius 1 is 0.786 bits per heavy atom. The number of para-hydroxylation sites is 2. The number of likely N-dealkylation sites (tertiary alicyclic amines) is 1. The summed E-state index contributed by atoms with van der Waals surface area (Å²) in [6.07, 6.45) is 1.93. The Morgan fingerprint density at radius 2 is 1.25 bits per heavy atom. The molecule has 312 valence electrons. The van der Waals surface area contributed by atoms with Gasteiger partial charge in [0.05, 0.1) is 24.2 Å². The molecule has 0 spiro atoms. The van der Waals surface area contributed by atoms with Crippen molar-refractivity contribution in [1.82, 2.24) is 30.2 Å². The SMILES string of the molecule is CC(C)(C)[Si](C)(C)OCCOc1cccc2[nH]c(C(Cl)(Cl)Cl)nc12.CC(C)N1CCC(NC(=O)c2nc3c(OCCO[Si](C)(C)C(C)(C)C)cccc3[nH]2)CC1. The Balaban J connectivity index is 0.000000259. The van der Waals surface area contributed by atoms with E-state index in [1.165, 1.54) is 0 Å². The van der Waals surface area contributed by atoms with Gasteiger partial charge in [-0.1, -0.05) is 88.5 Å². The monoisotopic (exact) mass is 868 g/mol. The third kappa shape index (κ3) is 12.3. The second-order valence-corrected chi connectivity index (χ2v) is 29.7. The summed E-state index contributed by atoms with van der Waals surface area (Å²) in [4.78, 5) is 30.3. The molecule has 1 aliphatic rings. The average molecular weight is 871 g/mol. The van der Waals surface area contributed by atoms with Gasteiger partial charge in [0.25, 0.3) is 5.91 Å². The maximum Gasteiger partial charge on any atom is 0.287 e. The maximum atomic E-state index is 12.8. The number of imidazole rings is 2. The van der Waals surface area contributed by atoms with Crippen molar-refractivity contribution in [3.8, 4) is 11.5 Å². The van der Waals surface area contributed by atoms with E-state index < -0.39 is 20.4 Å². The van der Waals surface area contributed by atoms with Gasteiger partial charge in [0.1, 0.15) is 35.7 Å². The molecule has 0 radical (unpaired) electrons. The summed E-state index contributed by atoms with van der Waals surface area (Å²) in [5.74, 6) is 1.76. The van der Waals surface area contributed by atoms with Crippen molar-refractivity contribution < 1.29 is 23.1 Å². The van der Waals surface area contributed by atoms with Crippen LogP contribution in [-0.4, -0.2) is 99.0 Å². The lowest BCUT2D eigenvalue weighted by Crippen LogP contribution is -2.46. The molecular formula is C40H63Cl3N6O5Si2. The van der Waals surface area contributed by atoms with Crippen molar-refractivity contribution >= 4 is 79.4 Å². The van der Waals surface area contributed by atoms with E-state index in [-0.39, 0.29) is 27.8 Å². The van der Waals surface area contributed by atoms with E-state index in [0.717, 1.165) is 37.0 Å². The number of alkyl halides is 3. The number of piperidine rings is 1. The van der Waals surface area contributed by atoms with Crippen molar-refractivity contribution in [3.05, 3.63) is 48.0 Å². The number of H-pyrrole nitrogens is 2. The van der Waals surface area contributed by atoms with Gasteiger partial charge < -0.3 is 38.5 Å². The summed E-state index contributed by atoms with van der Waals surface area (Å²) in [5.41, 5.74) is 2.89. The molecule has 1 amide bonds. The minimum atomic E-state index is -1.80. The quantitative estimate of drug-likeness (QED) is 0.0689. The van der Waals surface area contributed by atoms with Gasteiger partial charge in [0.15, 0.2) is 28.3 Å². The van der Waals surface area contributed by atoms with Crippen molar-refractivity contribution in [2.75, 3.05) is 39.5 Å². The first kappa shape index (κ1) is 46.3. The number of rotatable bonds is 13. The summed E-state index contributed by atoms with van der Waals surface area (Å²) in [5, 5.41) is 3.49. The van der Waals surface area contributed by atoms with Crippen LogP contribution in [0.15, 0.2) is 36.4 Å². The van der Waals surface area contributed by atoms with Gasteiger partial charge in [0.2, 0.25) is 3.79 Å². The average Bonchev–Trinajstić information content (AvgIpc) is 3.75. The predicted molar refractivity (Wildman–Crippen MR) is 236 cm³/mol. The summed E-state index contributed by atoms with van der Waals surface area (Å²) < 4.78 is 22.5. The standard InChI is InChI=1S/C24H40N4O3Si.C16H23Cl3N2O2Si/c1-17(2)28-13-11-18(12-14-28)25-23(29)22-26-19-9-8-10-20(21(19)27-22)30-15-16-31-32(6,7)24(3,4)5;1-15(2,3)24(4,5)23-10-9-22-12-8-6-7-11-13(12)21-14(20-11)16(17,18)19/h8-10,17-18H,11-16H2,1-7H3,(H,25,29)(H,26,27);6-8H,9-10H2,1-5H3,(H,20,21). The lowest BCUT2D eigenvalue weighted by Gasteiger charge is -2.36. The molecule has 4 aromatic rings. The molecule has 0 aliphatic carbocycles. The van der Waals surface area contributed by atoms with E-state index in [2.05, 4.69) is 112 Å². The highest BCUT2D eigenvalue weighted by Gasteiger charge is 2.38. The number of fused-ring (bicyclic) bond motifs is 2. The van der Waals surface area contributed by atoms with Gasteiger partial charge in [-0.15, -0.1) is 0 Å². The van der Waals surface area contributed by atoms with Gasteiger partial charge in [-0.05, 0) is 87.2 Å². The van der Waals surface area contributed by atoms with Gasteiger partial charge >= 0.3 is 0 Å². The second kappa shape index (κ2) is 18.7. The van der Waals surface area contributed by atoms with E-state index in [1.54, 1.807) is 0 Å². The fourth-order valence-electron chi connectivity index (χ4n) is 5.63. The third-order valence-electron chi connectivity index (χ3n) is 11.2. The van der Waals surface area contributed by atoms with Gasteiger partial charge in [-0.3, -0.25) is 4.79 Å². The number of nitrogens with zero attached hydrogens (tertiary/aromatic N) is 3. The predicted octanol–water partition coefficient (Wildman–Crippen LogP) is 10.4. The molecule has 0 atom stereocenters. The van der Waals surface area contributed by atoms with Crippen LogP contribution in [-0.2, 0) is 12.6 Å². The molecule has 56 heavy (non-hydrogen) atoms. The Labute approximate surface area is 350 Å². The Morgan fingerprint density at radius 3 is 1.70 bits per heavy atom. The van der Waals surface area contributed by atoms with Crippen LogP contribution in [0.25, 0.3) is 22.1 Å². The van der Waals surface area contributed by atoms with Crippen LogP contribution >= 0.6 is 34.8 Å². The smallest absolute Gasteiger partial charge is 0.287 e. The van der Waals surface area contributed by atoms with Crippen LogP contribution in [0.3, 0.4) is 0 Å². The molecular weight excluding hydrogens is 807 g/mol. The minimum absolute atomic E-state index is 0.156. The number of amides is 1. The zero-order valence-corrected chi connectivity index (χ0v) is 39.6. The van der Waals surface area contributed by atoms with Crippen LogP contribution < -0.4 is 14.8 Å². The van der Waals surface area contributed by atoms with E-state index in [9.17, 15) is 4.79 Å². The highest BCUT2D eigenvalue weighted by atomic mass is 35.6. The molecule has 11 nitrogen and oxygen atoms in total. The molecule has 1 saturated heterocycles. The maximum absolute atomic E-state index is 12.8. The first-order chi connectivity index (χ1) is 25.9. The Kier molecular flexibility index (Phi) is 15.5. The fraction of sp³-hybridized carbons (Fsp3) is 0.625. The molecule has 0 saturated carbocycles. The van der Waals surface area contributed by atoms with Gasteiger partial charge in [-0.25, -0.2) is 9.97 Å². The second-order valence-electron chi connectivity index (χ2n) is 17.8. The van der Waals surface area contributed by atoms with Crippen LogP contribution in [0.2, 0.25) is 36.3 Å². The zero-order valence-electron chi connectivity index (χ0n) is 35.3. The summed E-state index contributed by atoms with van der Waals surface area (Å²) in [7, 11) is -3.57. The largest absolute Gasteiger partial charge is 0.489 e. The Bertz CT molecular complexity index is 1890. The Hall–Kier alpha value is -2.37. The molecule has 1 aliphatic heterocycles. The molecule has 5 rings (SSSR count). The number of hydrogen-bond donors (Lipinski definition) is 3. The number of aromatic amines is 2. The van der Waals surface area contributed by atoms with E-state index in [1.807, 2.05) is 36.4 Å².